The zero-order chi connectivity index (χ0) is 33.7. The van der Waals surface area contributed by atoms with Crippen molar-refractivity contribution in [1.29, 1.82) is 0 Å². The van der Waals surface area contributed by atoms with Crippen LogP contribution in [0.25, 0.3) is 0 Å². The Balaban J connectivity index is 0.000000766. The fourth-order valence-electron chi connectivity index (χ4n) is 3.07. The van der Waals surface area contributed by atoms with E-state index in [2.05, 4.69) is 44.2 Å². The maximum Gasteiger partial charge on any atom is 0.478 e. The monoisotopic (exact) mass is 689 g/mol. The van der Waals surface area contributed by atoms with Crippen LogP contribution in [0.2, 0.25) is 0 Å². The summed E-state index contributed by atoms with van der Waals surface area (Å²) in [5.41, 5.74) is 4.62. The number of aliphatic hydroxyl groups is 1. The Morgan fingerprint density at radius 3 is 1.79 bits per heavy atom. The first kappa shape index (κ1) is 41.4. The quantitative estimate of drug-likeness (QED) is 0.0958. The molecule has 0 saturated carbocycles. The molecule has 8 N–H and O–H groups in total. The Hall–Kier alpha value is -1.63. The van der Waals surface area contributed by atoms with Crippen LogP contribution in [0.15, 0.2) is 78.2 Å². The van der Waals surface area contributed by atoms with Crippen molar-refractivity contribution in [1.82, 2.24) is 0 Å². The number of benzene rings is 1. The molecule has 2 unspecified atom stereocenters. The highest BCUT2D eigenvalue weighted by Gasteiger charge is 2.57. The third-order valence-electron chi connectivity index (χ3n) is 5.28. The molecule has 1 heterocycles. The van der Waals surface area contributed by atoms with Crippen molar-refractivity contribution in [2.45, 2.75) is 58.6 Å². The molecule has 1 aromatic carbocycles. The van der Waals surface area contributed by atoms with Crippen molar-refractivity contribution < 1.29 is 71.4 Å². The highest BCUT2D eigenvalue weighted by Crippen LogP contribution is 2.65. The third kappa shape index (κ3) is 18.1. The summed E-state index contributed by atoms with van der Waals surface area (Å²) >= 11 is 0. The molecule has 0 fully saturated rings. The summed E-state index contributed by atoms with van der Waals surface area (Å²) in [6.07, 6.45) is 10.2. The number of allylic oxidation sites excluding steroid dienone is 4. The Kier molecular flexibility index (Phi) is 17.1. The Labute approximate surface area is 250 Å². The summed E-state index contributed by atoms with van der Waals surface area (Å²) < 4.78 is 46.0. The van der Waals surface area contributed by atoms with E-state index in [0.29, 0.717) is 6.42 Å². The van der Waals surface area contributed by atoms with Crippen LogP contribution < -0.4 is 9.46 Å². The highest BCUT2D eigenvalue weighted by molar-refractivity contribution is 7.71. The molecular formula is C24H39NO14P4. The largest absolute Gasteiger partial charge is 0.776 e. The van der Waals surface area contributed by atoms with Gasteiger partial charge in [0.2, 0.25) is 0 Å². The number of nitrogens with zero attached hydrogens (tertiary/aromatic N) is 1. The van der Waals surface area contributed by atoms with Crippen LogP contribution in [0.5, 0.6) is 0 Å². The molecule has 0 aliphatic rings. The molecule has 2 atom stereocenters. The van der Waals surface area contributed by atoms with Gasteiger partial charge in [-0.05, 0) is 52.2 Å². The van der Waals surface area contributed by atoms with Crippen molar-refractivity contribution in [3.05, 3.63) is 89.3 Å². The van der Waals surface area contributed by atoms with E-state index in [1.54, 1.807) is 12.1 Å². The number of phosphoric acid groups is 2. The molecule has 43 heavy (non-hydrogen) atoms. The predicted molar refractivity (Wildman–Crippen MR) is 156 cm³/mol. The normalized spacial score (nSPS) is 15.0. The number of aromatic nitrogens is 1. The van der Waals surface area contributed by atoms with Crippen molar-refractivity contribution in [3.8, 4) is 0 Å². The summed E-state index contributed by atoms with van der Waals surface area (Å²) in [5, 5.41) is 6.32. The lowest BCUT2D eigenvalue weighted by atomic mass is 10.1. The van der Waals surface area contributed by atoms with E-state index in [9.17, 15) is 28.3 Å². The molecular weight excluding hydrogens is 650 g/mol. The van der Waals surface area contributed by atoms with Gasteiger partial charge in [-0.15, -0.1) is 0 Å². The zero-order valence-electron chi connectivity index (χ0n) is 23.9. The molecule has 1 aromatic heterocycles. The van der Waals surface area contributed by atoms with Crippen LogP contribution in [0.3, 0.4) is 0 Å². The smallest absolute Gasteiger partial charge is 0.478 e. The summed E-state index contributed by atoms with van der Waals surface area (Å²) in [6, 6.07) is 12.7. The molecule has 0 amide bonds. The number of rotatable bonds is 11. The van der Waals surface area contributed by atoms with Crippen molar-refractivity contribution in [2.24, 2.45) is 0 Å². The average Bonchev–Trinajstić information content (AvgIpc) is 2.81. The van der Waals surface area contributed by atoms with E-state index >= 15 is 0 Å². The van der Waals surface area contributed by atoms with Gasteiger partial charge >= 0.3 is 23.2 Å². The summed E-state index contributed by atoms with van der Waals surface area (Å²) in [7, 11) is -21.4. The molecule has 0 aliphatic carbocycles. The second-order valence-corrected chi connectivity index (χ2v) is 16.0. The van der Waals surface area contributed by atoms with Gasteiger partial charge in [-0.3, -0.25) is 4.57 Å². The van der Waals surface area contributed by atoms with Gasteiger partial charge in [-0.2, -0.15) is 4.31 Å². The highest BCUT2D eigenvalue weighted by atomic mass is 31.3. The third-order valence-corrected chi connectivity index (χ3v) is 10.6. The van der Waals surface area contributed by atoms with Gasteiger partial charge in [0, 0.05) is 18.1 Å². The standard InChI is InChI=1S/C14H17NO7P2.C10H18.H4O7P2/c16-14(23(17,18)19,24(20,21)22)11-15-8-4-7-13(10-15)9-12-5-2-1-3-6-12;1-5-10(4)8-6-7-9(2)3;1-8(2,3)7-9(4,5)6/h1-8,10,16H,9,11H2,(H3-,17,18,19,20,21,22);5,7H,6,8H2,1-4H3;(H2,1,2,3)(H2,4,5,6)/b;10-5+;. The molecule has 0 spiro atoms. The Morgan fingerprint density at radius 2 is 1.40 bits per heavy atom. The van der Waals surface area contributed by atoms with E-state index in [1.165, 1.54) is 36.4 Å². The second kappa shape index (κ2) is 17.8. The van der Waals surface area contributed by atoms with Crippen LogP contribution in [0.4, 0.5) is 0 Å². The molecule has 15 nitrogen and oxygen atoms in total. The molecule has 0 bridgehead atoms. The predicted octanol–water partition coefficient (Wildman–Crippen LogP) is 2.82. The summed E-state index contributed by atoms with van der Waals surface area (Å²) in [4.78, 5) is 69.7. The minimum Gasteiger partial charge on any atom is -0.776 e. The van der Waals surface area contributed by atoms with Crippen LogP contribution in [-0.2, 0) is 35.5 Å². The van der Waals surface area contributed by atoms with Crippen LogP contribution in [0, 0.1) is 0 Å². The van der Waals surface area contributed by atoms with Gasteiger partial charge < -0.3 is 48.8 Å². The van der Waals surface area contributed by atoms with Crippen LogP contribution >= 0.6 is 30.8 Å². The summed E-state index contributed by atoms with van der Waals surface area (Å²) in [5.74, 6) is 0. The Bertz CT molecular complexity index is 1360. The van der Waals surface area contributed by atoms with Gasteiger partial charge in [-0.25, -0.2) is 13.7 Å². The van der Waals surface area contributed by atoms with Gasteiger partial charge in [0.15, 0.2) is 26.5 Å². The fraction of sp³-hybridized carbons (Fsp3) is 0.375. The lowest BCUT2D eigenvalue weighted by molar-refractivity contribution is -0.704. The first-order valence-corrected chi connectivity index (χ1v) is 18.6. The average molecular weight is 689 g/mol. The van der Waals surface area contributed by atoms with Gasteiger partial charge in [0.05, 0.1) is 0 Å². The molecule has 19 heteroatoms. The topological polar surface area (TPSA) is 266 Å². The van der Waals surface area contributed by atoms with Gasteiger partial charge in [0.1, 0.15) is 0 Å². The van der Waals surface area contributed by atoms with Crippen molar-refractivity contribution in [2.75, 3.05) is 0 Å². The first-order chi connectivity index (χ1) is 19.4. The maximum absolute atomic E-state index is 11.4. The Morgan fingerprint density at radius 1 is 0.884 bits per heavy atom. The maximum atomic E-state index is 11.4. The van der Waals surface area contributed by atoms with E-state index < -0.39 is 42.5 Å². The molecule has 0 aliphatic heterocycles. The van der Waals surface area contributed by atoms with Gasteiger partial charge in [0.25, 0.3) is 5.08 Å². The van der Waals surface area contributed by atoms with Crippen molar-refractivity contribution in [3.63, 3.8) is 0 Å². The van der Waals surface area contributed by atoms with Crippen molar-refractivity contribution >= 4 is 30.8 Å². The fourth-order valence-corrected chi connectivity index (χ4v) is 6.19. The number of hydrogen-bond donors (Lipinski definition) is 8. The second-order valence-electron chi connectivity index (χ2n) is 9.40. The van der Waals surface area contributed by atoms with Crippen LogP contribution in [-0.4, -0.2) is 44.4 Å². The summed E-state index contributed by atoms with van der Waals surface area (Å²) in [6.45, 7) is 7.56. The number of pyridine rings is 1. The zero-order valence-corrected chi connectivity index (χ0v) is 27.5. The van der Waals surface area contributed by atoms with Crippen LogP contribution in [0.1, 0.15) is 51.7 Å². The lowest BCUT2D eigenvalue weighted by Crippen LogP contribution is -2.49. The van der Waals surface area contributed by atoms with E-state index in [1.807, 2.05) is 30.3 Å². The van der Waals surface area contributed by atoms with E-state index in [4.69, 9.17) is 34.3 Å². The van der Waals surface area contributed by atoms with E-state index in [0.717, 1.165) is 15.7 Å². The molecule has 2 rings (SSSR count). The first-order valence-electron chi connectivity index (χ1n) is 12.3. The molecule has 244 valence electrons. The lowest BCUT2D eigenvalue weighted by Gasteiger charge is -2.33. The molecule has 2 aromatic rings. The van der Waals surface area contributed by atoms with Gasteiger partial charge in [-0.1, -0.05) is 53.6 Å². The molecule has 0 radical (unpaired) electrons. The number of hydrogen-bond acceptors (Lipinski definition) is 7. The molecule has 0 saturated heterocycles. The van der Waals surface area contributed by atoms with E-state index in [-0.39, 0.29) is 0 Å². The minimum atomic E-state index is -5.73. The minimum absolute atomic E-state index is 0.504. The SMILES string of the molecule is C/C=C(\C)CCC=C(C)C.O=P(O)(O)OP(=O)(O)O.O=P([O-])(O)C(O)(C[n+]1cccc(Cc2ccccc2)c1)P(=O)(O)O.